The molecule has 0 aromatic heterocycles. The smallest absolute Gasteiger partial charge is 0.314 e. The molecule has 0 aromatic rings. The largest absolute Gasteiger partial charge is 0.449 e. The van der Waals surface area contributed by atoms with Crippen LogP contribution in [0.4, 0.5) is 0 Å². The third kappa shape index (κ3) is 3.99. The average molecular weight is 234 g/mol. The topological polar surface area (TPSA) is 29.5 Å². The number of hydrogen-bond acceptors (Lipinski definition) is 3. The Kier molecular flexibility index (Phi) is 4.87. The number of esters is 1. The highest BCUT2D eigenvalue weighted by Crippen LogP contribution is 2.21. The standard InChI is InChI=1S/C11H20ClNO2/c1-11(2,10(14)15-9-12)8-13-6-4-3-5-7-13/h3-9H2,1-2H3. The van der Waals surface area contributed by atoms with Crippen molar-refractivity contribution in [2.24, 2.45) is 5.41 Å². The zero-order valence-electron chi connectivity index (χ0n) is 9.59. The quantitative estimate of drug-likeness (QED) is 0.551. The molecular weight excluding hydrogens is 214 g/mol. The Morgan fingerprint density at radius 1 is 1.33 bits per heavy atom. The molecular formula is C11H20ClNO2. The molecule has 88 valence electrons. The maximum atomic E-state index is 11.6. The summed E-state index contributed by atoms with van der Waals surface area (Å²) in [6, 6.07) is -0.0533. The first-order valence-electron chi connectivity index (χ1n) is 5.52. The van der Waals surface area contributed by atoms with Gasteiger partial charge in [0, 0.05) is 6.54 Å². The van der Waals surface area contributed by atoms with Gasteiger partial charge in [0.1, 0.15) is 0 Å². The van der Waals surface area contributed by atoms with E-state index in [9.17, 15) is 4.79 Å². The van der Waals surface area contributed by atoms with Crippen LogP contribution in [0.1, 0.15) is 33.1 Å². The Labute approximate surface area is 96.7 Å². The van der Waals surface area contributed by atoms with E-state index in [1.165, 1.54) is 19.3 Å². The number of ether oxygens (including phenoxy) is 1. The van der Waals surface area contributed by atoms with Crippen LogP contribution in [-0.2, 0) is 9.53 Å². The Morgan fingerprint density at radius 3 is 2.47 bits per heavy atom. The molecule has 0 atom stereocenters. The fraction of sp³-hybridized carbons (Fsp3) is 0.909. The number of nitrogens with zero attached hydrogens (tertiary/aromatic N) is 1. The van der Waals surface area contributed by atoms with Crippen LogP contribution in [0.2, 0.25) is 0 Å². The fourth-order valence-corrected chi connectivity index (χ4v) is 2.09. The number of piperidine rings is 1. The van der Waals surface area contributed by atoms with Gasteiger partial charge in [-0.1, -0.05) is 18.0 Å². The van der Waals surface area contributed by atoms with Crippen molar-refractivity contribution in [2.45, 2.75) is 33.1 Å². The number of carbonyl (C=O) groups is 1. The molecule has 0 aliphatic carbocycles. The number of rotatable bonds is 4. The van der Waals surface area contributed by atoms with Gasteiger partial charge in [-0.25, -0.2) is 0 Å². The maximum absolute atomic E-state index is 11.6. The summed E-state index contributed by atoms with van der Waals surface area (Å²) in [5.74, 6) is -0.205. The number of hydrogen-bond donors (Lipinski definition) is 0. The van der Waals surface area contributed by atoms with E-state index in [2.05, 4.69) is 4.90 Å². The van der Waals surface area contributed by atoms with Crippen LogP contribution in [0.15, 0.2) is 0 Å². The molecule has 1 aliphatic heterocycles. The molecule has 1 fully saturated rings. The molecule has 15 heavy (non-hydrogen) atoms. The summed E-state index contributed by atoms with van der Waals surface area (Å²) in [7, 11) is 0. The molecule has 1 heterocycles. The molecule has 0 saturated carbocycles. The first-order chi connectivity index (χ1) is 7.06. The van der Waals surface area contributed by atoms with Gasteiger partial charge >= 0.3 is 5.97 Å². The molecule has 0 bridgehead atoms. The molecule has 0 amide bonds. The third-order valence-corrected chi connectivity index (χ3v) is 2.91. The van der Waals surface area contributed by atoms with Crippen LogP contribution in [0.5, 0.6) is 0 Å². The molecule has 0 spiro atoms. The molecule has 0 aromatic carbocycles. The molecule has 0 N–H and O–H groups in total. The van der Waals surface area contributed by atoms with E-state index in [1.54, 1.807) is 0 Å². The Balaban J connectivity index is 2.42. The second-order valence-electron chi connectivity index (χ2n) is 4.76. The molecule has 0 unspecified atom stereocenters. The van der Waals surface area contributed by atoms with E-state index in [-0.39, 0.29) is 12.0 Å². The monoisotopic (exact) mass is 233 g/mol. The van der Waals surface area contributed by atoms with Gasteiger partial charge in [0.25, 0.3) is 0 Å². The van der Waals surface area contributed by atoms with Crippen molar-refractivity contribution in [3.63, 3.8) is 0 Å². The van der Waals surface area contributed by atoms with Crippen LogP contribution >= 0.6 is 11.6 Å². The van der Waals surface area contributed by atoms with Gasteiger partial charge in [0.05, 0.1) is 5.41 Å². The van der Waals surface area contributed by atoms with Gasteiger partial charge in [-0.15, -0.1) is 0 Å². The van der Waals surface area contributed by atoms with Crippen LogP contribution in [0.3, 0.4) is 0 Å². The van der Waals surface area contributed by atoms with Gasteiger partial charge in [-0.05, 0) is 39.8 Å². The number of halogens is 1. The Hall–Kier alpha value is -0.280. The summed E-state index contributed by atoms with van der Waals surface area (Å²) in [4.78, 5) is 13.9. The number of likely N-dealkylation sites (tertiary alicyclic amines) is 1. The van der Waals surface area contributed by atoms with E-state index in [0.29, 0.717) is 0 Å². The minimum atomic E-state index is -0.452. The lowest BCUT2D eigenvalue weighted by Crippen LogP contribution is -2.42. The SMILES string of the molecule is CC(C)(CN1CCCCC1)C(=O)OCCl. The number of carbonyl (C=O) groups excluding carboxylic acids is 1. The van der Waals surface area contributed by atoms with Crippen molar-refractivity contribution in [3.8, 4) is 0 Å². The van der Waals surface area contributed by atoms with Crippen LogP contribution in [0, 0.1) is 5.41 Å². The maximum Gasteiger partial charge on any atom is 0.314 e. The van der Waals surface area contributed by atoms with Gasteiger partial charge in [-0.3, -0.25) is 4.79 Å². The van der Waals surface area contributed by atoms with E-state index < -0.39 is 5.41 Å². The van der Waals surface area contributed by atoms with Crippen molar-refractivity contribution in [1.29, 1.82) is 0 Å². The van der Waals surface area contributed by atoms with E-state index in [4.69, 9.17) is 16.3 Å². The minimum absolute atomic E-state index is 0.0533. The lowest BCUT2D eigenvalue weighted by Gasteiger charge is -2.33. The van der Waals surface area contributed by atoms with E-state index in [0.717, 1.165) is 19.6 Å². The van der Waals surface area contributed by atoms with Crippen LogP contribution < -0.4 is 0 Å². The molecule has 0 radical (unpaired) electrons. The summed E-state index contributed by atoms with van der Waals surface area (Å²) >= 11 is 5.39. The molecule has 3 nitrogen and oxygen atoms in total. The second kappa shape index (κ2) is 5.71. The van der Waals surface area contributed by atoms with Crippen molar-refractivity contribution in [3.05, 3.63) is 0 Å². The van der Waals surface area contributed by atoms with Crippen molar-refractivity contribution in [2.75, 3.05) is 25.7 Å². The molecule has 1 aliphatic rings. The molecule has 1 rings (SSSR count). The van der Waals surface area contributed by atoms with Gasteiger partial charge in [0.2, 0.25) is 0 Å². The summed E-state index contributed by atoms with van der Waals surface area (Å²) in [5.41, 5.74) is -0.452. The summed E-state index contributed by atoms with van der Waals surface area (Å²) < 4.78 is 4.85. The highest BCUT2D eigenvalue weighted by atomic mass is 35.5. The highest BCUT2D eigenvalue weighted by Gasteiger charge is 2.31. The highest BCUT2D eigenvalue weighted by molar-refractivity contribution is 6.17. The zero-order valence-corrected chi connectivity index (χ0v) is 10.3. The van der Waals surface area contributed by atoms with Crippen LogP contribution in [0.25, 0.3) is 0 Å². The van der Waals surface area contributed by atoms with Crippen molar-refractivity contribution >= 4 is 17.6 Å². The second-order valence-corrected chi connectivity index (χ2v) is 4.98. The number of alkyl halides is 1. The summed E-state index contributed by atoms with van der Waals surface area (Å²) in [6.45, 7) is 6.78. The normalized spacial score (nSPS) is 18.9. The van der Waals surface area contributed by atoms with Crippen LogP contribution in [-0.4, -0.2) is 36.6 Å². The van der Waals surface area contributed by atoms with Crippen molar-refractivity contribution < 1.29 is 9.53 Å². The van der Waals surface area contributed by atoms with Gasteiger partial charge < -0.3 is 9.64 Å². The molecule has 4 heteroatoms. The molecule has 1 saturated heterocycles. The third-order valence-electron chi connectivity index (χ3n) is 2.81. The zero-order chi connectivity index (χ0) is 11.3. The lowest BCUT2D eigenvalue weighted by molar-refractivity contribution is -0.153. The van der Waals surface area contributed by atoms with Crippen molar-refractivity contribution in [1.82, 2.24) is 4.90 Å². The first-order valence-corrected chi connectivity index (χ1v) is 6.05. The first kappa shape index (κ1) is 12.8. The Bertz CT molecular complexity index is 213. The lowest BCUT2D eigenvalue weighted by atomic mass is 9.92. The van der Waals surface area contributed by atoms with E-state index in [1.807, 2.05) is 13.8 Å². The Morgan fingerprint density at radius 2 is 1.93 bits per heavy atom. The summed E-state index contributed by atoms with van der Waals surface area (Å²) in [6.07, 6.45) is 3.78. The minimum Gasteiger partial charge on any atom is -0.449 e. The average Bonchev–Trinajstić information content (AvgIpc) is 2.19. The van der Waals surface area contributed by atoms with Gasteiger partial charge in [0.15, 0.2) is 6.07 Å². The van der Waals surface area contributed by atoms with Gasteiger partial charge in [-0.2, -0.15) is 0 Å². The fourth-order valence-electron chi connectivity index (χ4n) is 1.99. The predicted octanol–water partition coefficient (Wildman–Crippen LogP) is 2.24. The predicted molar refractivity (Wildman–Crippen MR) is 60.9 cm³/mol. The van der Waals surface area contributed by atoms with E-state index >= 15 is 0 Å². The summed E-state index contributed by atoms with van der Waals surface area (Å²) in [5, 5.41) is 0.